The van der Waals surface area contributed by atoms with Crippen molar-refractivity contribution in [1.29, 1.82) is 0 Å². The van der Waals surface area contributed by atoms with Crippen LogP contribution in [0.4, 0.5) is 0 Å². The molecule has 0 unspecified atom stereocenters. The number of aryl methyl sites for hydroxylation is 1. The highest BCUT2D eigenvalue weighted by atomic mass is 32.1. The summed E-state index contributed by atoms with van der Waals surface area (Å²) in [6.45, 7) is 2.22. The van der Waals surface area contributed by atoms with Gasteiger partial charge in [0.25, 0.3) is 5.91 Å². The van der Waals surface area contributed by atoms with Crippen LogP contribution in [0.1, 0.15) is 21.0 Å². The number of nitrogens with one attached hydrogen (secondary N) is 1. The Morgan fingerprint density at radius 1 is 1.38 bits per heavy atom. The smallest absolute Gasteiger partial charge is 0.257 e. The highest BCUT2D eigenvalue weighted by Crippen LogP contribution is 2.24. The molecule has 6 heteroatoms. The fourth-order valence-corrected chi connectivity index (χ4v) is 2.65. The third-order valence-electron chi connectivity index (χ3n) is 3.03. The van der Waals surface area contributed by atoms with Gasteiger partial charge in [-0.25, -0.2) is 0 Å². The molecule has 3 aromatic rings. The Balaban J connectivity index is 1.84. The summed E-state index contributed by atoms with van der Waals surface area (Å²) in [5, 5.41) is 8.85. The van der Waals surface area contributed by atoms with Crippen molar-refractivity contribution in [1.82, 2.24) is 15.5 Å². The summed E-state index contributed by atoms with van der Waals surface area (Å²) in [4.78, 5) is 17.5. The van der Waals surface area contributed by atoms with Gasteiger partial charge in [0.05, 0.1) is 6.54 Å². The van der Waals surface area contributed by atoms with Crippen LogP contribution in [0.15, 0.2) is 46.6 Å². The summed E-state index contributed by atoms with van der Waals surface area (Å²) < 4.78 is 5.17. The molecule has 0 aliphatic rings. The standard InChI is InChI=1S/C15H13N3O2S/c1-10-13(15(19)17-9-12-5-3-7-21-12)14(18-20-10)11-4-2-6-16-8-11/h2-8H,9H2,1H3,(H,17,19). The summed E-state index contributed by atoms with van der Waals surface area (Å²) in [5.41, 5.74) is 1.74. The summed E-state index contributed by atoms with van der Waals surface area (Å²) in [6.07, 6.45) is 3.33. The van der Waals surface area contributed by atoms with E-state index in [0.29, 0.717) is 23.6 Å². The van der Waals surface area contributed by atoms with Crippen LogP contribution in [0.3, 0.4) is 0 Å². The molecule has 3 heterocycles. The Morgan fingerprint density at radius 2 is 2.29 bits per heavy atom. The fraction of sp³-hybridized carbons (Fsp3) is 0.133. The third kappa shape index (κ3) is 2.85. The minimum Gasteiger partial charge on any atom is -0.360 e. The molecular formula is C15H13N3O2S. The molecule has 0 saturated carbocycles. The van der Waals surface area contributed by atoms with Gasteiger partial charge in [0.2, 0.25) is 0 Å². The second kappa shape index (κ2) is 5.88. The normalized spacial score (nSPS) is 10.5. The van der Waals surface area contributed by atoms with E-state index in [2.05, 4.69) is 15.5 Å². The number of thiophene rings is 1. The van der Waals surface area contributed by atoms with E-state index < -0.39 is 0 Å². The Kier molecular flexibility index (Phi) is 3.79. The second-order valence-corrected chi connectivity index (χ2v) is 5.50. The van der Waals surface area contributed by atoms with Crippen LogP contribution in [0, 0.1) is 6.92 Å². The number of aromatic nitrogens is 2. The lowest BCUT2D eigenvalue weighted by Gasteiger charge is -2.04. The molecule has 3 aromatic heterocycles. The Morgan fingerprint density at radius 3 is 3.00 bits per heavy atom. The first-order valence-corrected chi connectivity index (χ1v) is 7.31. The van der Waals surface area contributed by atoms with Crippen molar-refractivity contribution in [2.24, 2.45) is 0 Å². The number of amides is 1. The summed E-state index contributed by atoms with van der Waals surface area (Å²) in [5.74, 6) is 0.304. The molecule has 0 aliphatic carbocycles. The molecule has 106 valence electrons. The molecule has 21 heavy (non-hydrogen) atoms. The van der Waals surface area contributed by atoms with Crippen LogP contribution < -0.4 is 5.32 Å². The molecule has 5 nitrogen and oxygen atoms in total. The van der Waals surface area contributed by atoms with E-state index in [0.717, 1.165) is 10.4 Å². The molecule has 0 radical (unpaired) electrons. The van der Waals surface area contributed by atoms with E-state index >= 15 is 0 Å². The molecule has 0 saturated heterocycles. The zero-order chi connectivity index (χ0) is 14.7. The first-order chi connectivity index (χ1) is 10.3. The lowest BCUT2D eigenvalue weighted by atomic mass is 10.1. The van der Waals surface area contributed by atoms with Crippen LogP contribution >= 0.6 is 11.3 Å². The van der Waals surface area contributed by atoms with Gasteiger partial charge in [-0.05, 0) is 30.5 Å². The summed E-state index contributed by atoms with van der Waals surface area (Å²) >= 11 is 1.60. The molecule has 1 N–H and O–H groups in total. The summed E-state index contributed by atoms with van der Waals surface area (Å²) in [7, 11) is 0. The van der Waals surface area contributed by atoms with Crippen LogP contribution in [0.2, 0.25) is 0 Å². The predicted octanol–water partition coefficient (Wildman–Crippen LogP) is 3.04. The van der Waals surface area contributed by atoms with Gasteiger partial charge >= 0.3 is 0 Å². The Labute approximate surface area is 125 Å². The maximum atomic E-state index is 12.4. The monoisotopic (exact) mass is 299 g/mol. The van der Waals surface area contributed by atoms with Crippen molar-refractivity contribution >= 4 is 17.2 Å². The van der Waals surface area contributed by atoms with Crippen molar-refractivity contribution in [3.05, 3.63) is 58.2 Å². The molecule has 0 aliphatic heterocycles. The maximum absolute atomic E-state index is 12.4. The van der Waals surface area contributed by atoms with Crippen molar-refractivity contribution in [2.45, 2.75) is 13.5 Å². The van der Waals surface area contributed by atoms with Crippen LogP contribution in [-0.2, 0) is 6.54 Å². The Bertz CT molecular complexity index is 736. The quantitative estimate of drug-likeness (QED) is 0.804. The average Bonchev–Trinajstić information content (AvgIpc) is 3.15. The number of nitrogens with zero attached hydrogens (tertiary/aromatic N) is 2. The van der Waals surface area contributed by atoms with Crippen molar-refractivity contribution < 1.29 is 9.32 Å². The van der Waals surface area contributed by atoms with E-state index in [1.54, 1.807) is 36.7 Å². The Hall–Kier alpha value is -2.47. The zero-order valence-corrected chi connectivity index (χ0v) is 12.2. The number of hydrogen-bond donors (Lipinski definition) is 1. The SMILES string of the molecule is Cc1onc(-c2cccnc2)c1C(=O)NCc1cccs1. The molecule has 0 fully saturated rings. The van der Waals surface area contributed by atoms with Crippen LogP contribution in [0.5, 0.6) is 0 Å². The van der Waals surface area contributed by atoms with Gasteiger partial charge in [0.1, 0.15) is 17.0 Å². The minimum atomic E-state index is -0.194. The van der Waals surface area contributed by atoms with Gasteiger partial charge in [0, 0.05) is 22.8 Å². The molecule has 0 aromatic carbocycles. The van der Waals surface area contributed by atoms with E-state index in [-0.39, 0.29) is 5.91 Å². The molecule has 0 spiro atoms. The number of rotatable bonds is 4. The number of pyridine rings is 1. The highest BCUT2D eigenvalue weighted by Gasteiger charge is 2.21. The van der Waals surface area contributed by atoms with E-state index in [4.69, 9.17) is 4.52 Å². The van der Waals surface area contributed by atoms with Gasteiger partial charge in [-0.1, -0.05) is 11.2 Å². The number of carbonyl (C=O) groups is 1. The molecule has 0 atom stereocenters. The van der Waals surface area contributed by atoms with Crippen LogP contribution in [-0.4, -0.2) is 16.0 Å². The van der Waals surface area contributed by atoms with Gasteiger partial charge in [-0.3, -0.25) is 9.78 Å². The van der Waals surface area contributed by atoms with Crippen molar-refractivity contribution in [3.8, 4) is 11.3 Å². The van der Waals surface area contributed by atoms with Crippen LogP contribution in [0.25, 0.3) is 11.3 Å². The number of carbonyl (C=O) groups excluding carboxylic acids is 1. The molecule has 0 bridgehead atoms. The largest absolute Gasteiger partial charge is 0.360 e. The van der Waals surface area contributed by atoms with Gasteiger partial charge in [-0.15, -0.1) is 11.3 Å². The first kappa shape index (κ1) is 13.5. The van der Waals surface area contributed by atoms with Crippen molar-refractivity contribution in [3.63, 3.8) is 0 Å². The van der Waals surface area contributed by atoms with E-state index in [9.17, 15) is 4.79 Å². The van der Waals surface area contributed by atoms with Gasteiger partial charge in [0.15, 0.2) is 0 Å². The minimum absolute atomic E-state index is 0.194. The highest BCUT2D eigenvalue weighted by molar-refractivity contribution is 7.09. The summed E-state index contributed by atoms with van der Waals surface area (Å²) in [6, 6.07) is 7.58. The van der Waals surface area contributed by atoms with E-state index in [1.165, 1.54) is 0 Å². The molecule has 3 rings (SSSR count). The third-order valence-corrected chi connectivity index (χ3v) is 3.90. The van der Waals surface area contributed by atoms with E-state index in [1.807, 2.05) is 23.6 Å². The molecular weight excluding hydrogens is 286 g/mol. The zero-order valence-electron chi connectivity index (χ0n) is 11.4. The molecule has 1 amide bonds. The maximum Gasteiger partial charge on any atom is 0.257 e. The second-order valence-electron chi connectivity index (χ2n) is 4.47. The topological polar surface area (TPSA) is 68.0 Å². The fourth-order valence-electron chi connectivity index (χ4n) is 2.01. The lowest BCUT2D eigenvalue weighted by Crippen LogP contribution is -2.23. The first-order valence-electron chi connectivity index (χ1n) is 6.43. The predicted molar refractivity (Wildman–Crippen MR) is 80.0 cm³/mol. The average molecular weight is 299 g/mol. The van der Waals surface area contributed by atoms with Gasteiger partial charge < -0.3 is 9.84 Å². The van der Waals surface area contributed by atoms with Crippen molar-refractivity contribution in [2.75, 3.05) is 0 Å². The van der Waals surface area contributed by atoms with Gasteiger partial charge in [-0.2, -0.15) is 0 Å². The number of hydrogen-bond acceptors (Lipinski definition) is 5. The lowest BCUT2D eigenvalue weighted by molar-refractivity contribution is 0.0950.